The Bertz CT molecular complexity index is 391. The van der Waals surface area contributed by atoms with Crippen molar-refractivity contribution >= 4 is 5.78 Å². The standard InChI is InChI=1S/C12H15F2NO/c1-7(8(2)15)11(16)6-9-4-3-5-10(13)12(9)14/h3-5,7-8H,6,15H2,1-2H3. The Kier molecular flexibility index (Phi) is 4.12. The lowest BCUT2D eigenvalue weighted by molar-refractivity contribution is -0.122. The summed E-state index contributed by atoms with van der Waals surface area (Å²) >= 11 is 0. The molecule has 0 aliphatic heterocycles. The molecule has 0 aliphatic rings. The molecule has 2 atom stereocenters. The van der Waals surface area contributed by atoms with Gasteiger partial charge in [-0.1, -0.05) is 19.1 Å². The summed E-state index contributed by atoms with van der Waals surface area (Å²) in [6, 6.07) is 3.53. The molecular formula is C12H15F2NO. The lowest BCUT2D eigenvalue weighted by atomic mass is 9.94. The average molecular weight is 227 g/mol. The van der Waals surface area contributed by atoms with Crippen molar-refractivity contribution in [2.75, 3.05) is 0 Å². The van der Waals surface area contributed by atoms with Gasteiger partial charge in [-0.15, -0.1) is 0 Å². The van der Waals surface area contributed by atoms with E-state index in [2.05, 4.69) is 0 Å². The summed E-state index contributed by atoms with van der Waals surface area (Å²) in [6.07, 6.45) is -0.119. The van der Waals surface area contributed by atoms with Crippen LogP contribution in [0.4, 0.5) is 8.78 Å². The van der Waals surface area contributed by atoms with Crippen LogP contribution in [0, 0.1) is 17.6 Å². The molecule has 0 bridgehead atoms. The molecule has 0 saturated heterocycles. The third kappa shape index (κ3) is 2.85. The molecule has 0 fully saturated rings. The number of nitrogens with two attached hydrogens (primary N) is 1. The second-order valence-electron chi connectivity index (χ2n) is 4.00. The maximum atomic E-state index is 13.3. The first-order chi connectivity index (χ1) is 7.43. The Labute approximate surface area is 93.5 Å². The molecule has 1 aromatic rings. The molecule has 88 valence electrons. The summed E-state index contributed by atoms with van der Waals surface area (Å²) in [5.74, 6) is -2.42. The van der Waals surface area contributed by atoms with Crippen LogP contribution >= 0.6 is 0 Å². The van der Waals surface area contributed by atoms with E-state index in [4.69, 9.17) is 5.73 Å². The van der Waals surface area contributed by atoms with Gasteiger partial charge in [0.15, 0.2) is 11.6 Å². The highest BCUT2D eigenvalue weighted by Crippen LogP contribution is 2.14. The molecule has 4 heteroatoms. The lowest BCUT2D eigenvalue weighted by Gasteiger charge is -2.14. The first-order valence-corrected chi connectivity index (χ1v) is 5.14. The zero-order valence-corrected chi connectivity index (χ0v) is 9.34. The van der Waals surface area contributed by atoms with Crippen molar-refractivity contribution in [2.45, 2.75) is 26.3 Å². The Morgan fingerprint density at radius 2 is 2.00 bits per heavy atom. The van der Waals surface area contributed by atoms with Gasteiger partial charge in [-0.3, -0.25) is 4.79 Å². The van der Waals surface area contributed by atoms with E-state index in [0.29, 0.717) is 0 Å². The molecule has 0 spiro atoms. The number of hydrogen-bond donors (Lipinski definition) is 1. The Morgan fingerprint density at radius 1 is 1.38 bits per heavy atom. The minimum Gasteiger partial charge on any atom is -0.327 e. The van der Waals surface area contributed by atoms with Crippen LogP contribution in [0.5, 0.6) is 0 Å². The highest BCUT2D eigenvalue weighted by atomic mass is 19.2. The summed E-state index contributed by atoms with van der Waals surface area (Å²) in [7, 11) is 0. The predicted octanol–water partition coefficient (Wildman–Crippen LogP) is 2.06. The quantitative estimate of drug-likeness (QED) is 0.855. The van der Waals surface area contributed by atoms with E-state index in [1.807, 2.05) is 0 Å². The van der Waals surface area contributed by atoms with Gasteiger partial charge in [0, 0.05) is 18.4 Å². The highest BCUT2D eigenvalue weighted by Gasteiger charge is 2.19. The average Bonchev–Trinajstić information content (AvgIpc) is 2.23. The second-order valence-corrected chi connectivity index (χ2v) is 4.00. The third-order valence-corrected chi connectivity index (χ3v) is 2.69. The fraction of sp³-hybridized carbons (Fsp3) is 0.417. The van der Waals surface area contributed by atoms with Gasteiger partial charge in [0.1, 0.15) is 5.78 Å². The highest BCUT2D eigenvalue weighted by molar-refractivity contribution is 5.83. The second kappa shape index (κ2) is 5.16. The van der Waals surface area contributed by atoms with Crippen molar-refractivity contribution in [3.05, 3.63) is 35.4 Å². The SMILES string of the molecule is CC(N)C(C)C(=O)Cc1cccc(F)c1F. The Hall–Kier alpha value is -1.29. The molecule has 0 radical (unpaired) electrons. The van der Waals surface area contributed by atoms with E-state index in [0.717, 1.165) is 6.07 Å². The molecule has 0 heterocycles. The molecule has 1 rings (SSSR count). The van der Waals surface area contributed by atoms with Gasteiger partial charge in [0.25, 0.3) is 0 Å². The van der Waals surface area contributed by atoms with Crippen molar-refractivity contribution in [2.24, 2.45) is 11.7 Å². The lowest BCUT2D eigenvalue weighted by Crippen LogP contribution is -2.31. The van der Waals surface area contributed by atoms with Crippen LogP contribution in [-0.2, 0) is 11.2 Å². The van der Waals surface area contributed by atoms with Gasteiger partial charge in [-0.05, 0) is 18.6 Å². The monoisotopic (exact) mass is 227 g/mol. The number of ketones is 1. The summed E-state index contributed by atoms with van der Waals surface area (Å²) in [5.41, 5.74) is 5.65. The van der Waals surface area contributed by atoms with E-state index in [1.54, 1.807) is 13.8 Å². The predicted molar refractivity (Wildman–Crippen MR) is 57.9 cm³/mol. The van der Waals surface area contributed by atoms with E-state index in [1.165, 1.54) is 12.1 Å². The van der Waals surface area contributed by atoms with Crippen LogP contribution in [0.3, 0.4) is 0 Å². The van der Waals surface area contributed by atoms with Gasteiger partial charge in [0.2, 0.25) is 0 Å². The molecule has 2 N–H and O–H groups in total. The number of rotatable bonds is 4. The largest absolute Gasteiger partial charge is 0.327 e. The topological polar surface area (TPSA) is 43.1 Å². The van der Waals surface area contributed by atoms with Crippen LogP contribution in [0.15, 0.2) is 18.2 Å². The van der Waals surface area contributed by atoms with E-state index >= 15 is 0 Å². The molecule has 1 aromatic carbocycles. The zero-order valence-electron chi connectivity index (χ0n) is 9.34. The maximum absolute atomic E-state index is 13.3. The van der Waals surface area contributed by atoms with Crippen molar-refractivity contribution in [3.8, 4) is 0 Å². The molecule has 0 aliphatic carbocycles. The van der Waals surface area contributed by atoms with Crippen LogP contribution in [0.2, 0.25) is 0 Å². The Morgan fingerprint density at radius 3 is 2.56 bits per heavy atom. The molecule has 0 aromatic heterocycles. The number of Topliss-reactive ketones (excluding diaryl/α,β-unsaturated/α-hetero) is 1. The van der Waals surface area contributed by atoms with E-state index in [9.17, 15) is 13.6 Å². The summed E-state index contributed by atoms with van der Waals surface area (Å²) in [5, 5.41) is 0. The van der Waals surface area contributed by atoms with Gasteiger partial charge >= 0.3 is 0 Å². The van der Waals surface area contributed by atoms with Crippen molar-refractivity contribution in [3.63, 3.8) is 0 Å². The van der Waals surface area contributed by atoms with E-state index < -0.39 is 11.6 Å². The number of carbonyl (C=O) groups excluding carboxylic acids is 1. The summed E-state index contributed by atoms with van der Waals surface area (Å²) in [6.45, 7) is 3.40. The zero-order chi connectivity index (χ0) is 12.3. The number of benzene rings is 1. The van der Waals surface area contributed by atoms with Crippen molar-refractivity contribution in [1.29, 1.82) is 0 Å². The van der Waals surface area contributed by atoms with Crippen molar-refractivity contribution in [1.82, 2.24) is 0 Å². The van der Waals surface area contributed by atoms with Gasteiger partial charge in [0.05, 0.1) is 0 Å². The third-order valence-electron chi connectivity index (χ3n) is 2.69. The molecule has 16 heavy (non-hydrogen) atoms. The van der Waals surface area contributed by atoms with Crippen LogP contribution in [-0.4, -0.2) is 11.8 Å². The number of halogens is 2. The van der Waals surface area contributed by atoms with Crippen LogP contribution < -0.4 is 5.73 Å². The first kappa shape index (κ1) is 12.8. The molecule has 0 saturated carbocycles. The number of hydrogen-bond acceptors (Lipinski definition) is 2. The van der Waals surface area contributed by atoms with Crippen LogP contribution in [0.25, 0.3) is 0 Å². The van der Waals surface area contributed by atoms with Gasteiger partial charge in [-0.2, -0.15) is 0 Å². The maximum Gasteiger partial charge on any atom is 0.162 e. The molecule has 2 nitrogen and oxygen atoms in total. The minimum absolute atomic E-state index is 0.0810. The molecule has 0 amide bonds. The van der Waals surface area contributed by atoms with Gasteiger partial charge in [-0.25, -0.2) is 8.78 Å². The smallest absolute Gasteiger partial charge is 0.162 e. The molecular weight excluding hydrogens is 212 g/mol. The van der Waals surface area contributed by atoms with Gasteiger partial charge < -0.3 is 5.73 Å². The number of carbonyl (C=O) groups is 1. The summed E-state index contributed by atoms with van der Waals surface area (Å²) < 4.78 is 26.1. The van der Waals surface area contributed by atoms with Crippen LogP contribution in [0.1, 0.15) is 19.4 Å². The normalized spacial score (nSPS) is 14.6. The summed E-state index contributed by atoms with van der Waals surface area (Å²) in [4.78, 5) is 11.6. The first-order valence-electron chi connectivity index (χ1n) is 5.14. The Balaban J connectivity index is 2.81. The van der Waals surface area contributed by atoms with Crippen molar-refractivity contribution < 1.29 is 13.6 Å². The minimum atomic E-state index is -0.951. The molecule has 2 unspecified atom stereocenters. The fourth-order valence-electron chi connectivity index (χ4n) is 1.33. The van der Waals surface area contributed by atoms with E-state index in [-0.39, 0.29) is 29.7 Å². The fourth-order valence-corrected chi connectivity index (χ4v) is 1.33.